The minimum absolute atomic E-state index is 0.0148. The molecular formula is C23H22N2O5. The van der Waals surface area contributed by atoms with Crippen LogP contribution in [-0.2, 0) is 16.1 Å². The number of aromatic amines is 1. The minimum atomic E-state index is -0.748. The van der Waals surface area contributed by atoms with E-state index < -0.39 is 12.6 Å². The lowest BCUT2D eigenvalue weighted by Crippen LogP contribution is -2.34. The quantitative estimate of drug-likeness (QED) is 0.629. The molecule has 0 atom stereocenters. The first-order valence-corrected chi connectivity index (χ1v) is 9.93. The molecule has 2 heterocycles. The average Bonchev–Trinajstić information content (AvgIpc) is 3.29. The molecule has 1 aliphatic rings. The van der Waals surface area contributed by atoms with E-state index >= 15 is 0 Å². The molecule has 1 N–H and O–H groups in total. The van der Waals surface area contributed by atoms with Gasteiger partial charge >= 0.3 is 5.97 Å². The van der Waals surface area contributed by atoms with Crippen molar-refractivity contribution in [3.05, 3.63) is 82.2 Å². The average molecular weight is 406 g/mol. The number of allylic oxidation sites excluding steroid dienone is 2. The maximum absolute atomic E-state index is 12.9. The van der Waals surface area contributed by atoms with E-state index in [0.29, 0.717) is 16.7 Å². The van der Waals surface area contributed by atoms with Gasteiger partial charge in [0.25, 0.3) is 5.91 Å². The minimum Gasteiger partial charge on any atom is -0.467 e. The maximum Gasteiger partial charge on any atom is 0.355 e. The lowest BCUT2D eigenvalue weighted by atomic mass is 10.0. The molecule has 0 unspecified atom stereocenters. The molecule has 0 fully saturated rings. The van der Waals surface area contributed by atoms with E-state index in [0.717, 1.165) is 31.4 Å². The van der Waals surface area contributed by atoms with Crippen molar-refractivity contribution in [2.24, 2.45) is 0 Å². The molecule has 0 radical (unpaired) electrons. The molecular weight excluding hydrogens is 384 g/mol. The number of para-hydroxylation sites is 1. The van der Waals surface area contributed by atoms with Crippen LogP contribution in [0.1, 0.15) is 41.9 Å². The number of hydrogen-bond acceptors (Lipinski definition) is 5. The van der Waals surface area contributed by atoms with Gasteiger partial charge in [0.05, 0.1) is 12.8 Å². The molecule has 2 aromatic heterocycles. The number of aromatic nitrogens is 1. The predicted molar refractivity (Wildman–Crippen MR) is 111 cm³/mol. The van der Waals surface area contributed by atoms with Gasteiger partial charge in [-0.05, 0) is 49.9 Å². The molecule has 4 rings (SSSR count). The van der Waals surface area contributed by atoms with Crippen LogP contribution in [0.2, 0.25) is 0 Å². The van der Waals surface area contributed by atoms with E-state index in [-0.39, 0.29) is 23.6 Å². The highest BCUT2D eigenvalue weighted by Crippen LogP contribution is 2.23. The number of rotatable bonds is 6. The van der Waals surface area contributed by atoms with E-state index in [4.69, 9.17) is 9.15 Å². The number of esters is 1. The number of hydrogen-bond donors (Lipinski definition) is 1. The van der Waals surface area contributed by atoms with E-state index in [9.17, 15) is 14.4 Å². The Kier molecular flexibility index (Phi) is 5.79. The van der Waals surface area contributed by atoms with Crippen molar-refractivity contribution in [3.8, 4) is 0 Å². The Morgan fingerprint density at radius 3 is 2.77 bits per heavy atom. The topological polar surface area (TPSA) is 92.6 Å². The SMILES string of the molecule is O=C(OCC(=O)N(Cc1ccco1)C1=CCCCC1)c1cc(=O)c2ccccc2[nH]1. The number of carbonyl (C=O) groups excluding carboxylic acids is 2. The smallest absolute Gasteiger partial charge is 0.355 e. The van der Waals surface area contributed by atoms with Gasteiger partial charge in [-0.1, -0.05) is 18.2 Å². The molecule has 7 heteroatoms. The summed E-state index contributed by atoms with van der Waals surface area (Å²) in [6.45, 7) is -0.145. The van der Waals surface area contributed by atoms with Gasteiger partial charge in [-0.25, -0.2) is 4.79 Å². The summed E-state index contributed by atoms with van der Waals surface area (Å²) in [5, 5.41) is 0.485. The number of nitrogens with zero attached hydrogens (tertiary/aromatic N) is 1. The van der Waals surface area contributed by atoms with Crippen molar-refractivity contribution >= 4 is 22.8 Å². The van der Waals surface area contributed by atoms with E-state index in [1.54, 1.807) is 47.6 Å². The van der Waals surface area contributed by atoms with Crippen LogP contribution < -0.4 is 5.43 Å². The first-order chi connectivity index (χ1) is 14.6. The summed E-state index contributed by atoms with van der Waals surface area (Å²) in [7, 11) is 0. The highest BCUT2D eigenvalue weighted by Gasteiger charge is 2.23. The Balaban J connectivity index is 1.48. The van der Waals surface area contributed by atoms with Gasteiger partial charge in [0.1, 0.15) is 11.5 Å². The summed E-state index contributed by atoms with van der Waals surface area (Å²) in [6.07, 6.45) is 7.41. The zero-order valence-electron chi connectivity index (χ0n) is 16.4. The Morgan fingerprint density at radius 2 is 2.00 bits per heavy atom. The van der Waals surface area contributed by atoms with Crippen LogP contribution >= 0.6 is 0 Å². The van der Waals surface area contributed by atoms with Crippen molar-refractivity contribution in [1.29, 1.82) is 0 Å². The summed E-state index contributed by atoms with van der Waals surface area (Å²) in [6, 6.07) is 11.7. The van der Waals surface area contributed by atoms with E-state index in [1.165, 1.54) is 6.07 Å². The lowest BCUT2D eigenvalue weighted by Gasteiger charge is -2.26. The highest BCUT2D eigenvalue weighted by atomic mass is 16.5. The summed E-state index contributed by atoms with van der Waals surface area (Å²) in [4.78, 5) is 42.1. The molecule has 1 aliphatic carbocycles. The number of benzene rings is 1. The second kappa shape index (κ2) is 8.82. The molecule has 0 spiro atoms. The fraction of sp³-hybridized carbons (Fsp3) is 0.261. The molecule has 7 nitrogen and oxygen atoms in total. The van der Waals surface area contributed by atoms with Crippen molar-refractivity contribution in [3.63, 3.8) is 0 Å². The summed E-state index contributed by atoms with van der Waals surface area (Å²) in [5.74, 6) is -0.433. The summed E-state index contributed by atoms with van der Waals surface area (Å²) >= 11 is 0. The van der Waals surface area contributed by atoms with Crippen LogP contribution in [0.4, 0.5) is 0 Å². The fourth-order valence-electron chi connectivity index (χ4n) is 3.56. The van der Waals surface area contributed by atoms with Gasteiger partial charge in [0, 0.05) is 22.7 Å². The Hall–Kier alpha value is -3.61. The predicted octanol–water partition coefficient (Wildman–Crippen LogP) is 3.76. The van der Waals surface area contributed by atoms with Crippen molar-refractivity contribution in [1.82, 2.24) is 9.88 Å². The zero-order valence-corrected chi connectivity index (χ0v) is 16.4. The number of fused-ring (bicyclic) bond motifs is 1. The van der Waals surface area contributed by atoms with Crippen LogP contribution in [0.25, 0.3) is 10.9 Å². The number of nitrogens with one attached hydrogen (secondary N) is 1. The number of furan rings is 1. The second-order valence-electron chi connectivity index (χ2n) is 7.17. The highest BCUT2D eigenvalue weighted by molar-refractivity contribution is 5.92. The third-order valence-corrected chi connectivity index (χ3v) is 5.09. The van der Waals surface area contributed by atoms with E-state index in [2.05, 4.69) is 4.98 Å². The van der Waals surface area contributed by atoms with Gasteiger partial charge in [0.15, 0.2) is 12.0 Å². The first-order valence-electron chi connectivity index (χ1n) is 9.93. The fourth-order valence-corrected chi connectivity index (χ4v) is 3.56. The molecule has 154 valence electrons. The third kappa shape index (κ3) is 4.35. The third-order valence-electron chi connectivity index (χ3n) is 5.09. The molecule has 0 saturated heterocycles. The normalized spacial score (nSPS) is 13.7. The molecule has 30 heavy (non-hydrogen) atoms. The standard InChI is InChI=1S/C23H22N2O5/c26-21-13-20(24-19-11-5-4-10-18(19)21)23(28)30-15-22(27)25(14-17-9-6-12-29-17)16-7-2-1-3-8-16/h4-7,9-13H,1-3,8,14-15H2,(H,24,26). The maximum atomic E-state index is 12.9. The van der Waals surface area contributed by atoms with Gasteiger partial charge in [-0.2, -0.15) is 0 Å². The molecule has 0 saturated carbocycles. The molecule has 0 aliphatic heterocycles. The number of carbonyl (C=O) groups is 2. The number of pyridine rings is 1. The van der Waals surface area contributed by atoms with Crippen molar-refractivity contribution < 1.29 is 18.7 Å². The number of H-pyrrole nitrogens is 1. The number of amides is 1. The van der Waals surface area contributed by atoms with Crippen molar-refractivity contribution in [2.45, 2.75) is 32.2 Å². The second-order valence-corrected chi connectivity index (χ2v) is 7.17. The van der Waals surface area contributed by atoms with Gasteiger partial charge in [-0.15, -0.1) is 0 Å². The van der Waals surface area contributed by atoms with E-state index in [1.807, 2.05) is 6.08 Å². The Morgan fingerprint density at radius 1 is 1.13 bits per heavy atom. The largest absolute Gasteiger partial charge is 0.467 e. The van der Waals surface area contributed by atoms with Gasteiger partial charge < -0.3 is 19.0 Å². The summed E-state index contributed by atoms with van der Waals surface area (Å²) in [5.41, 5.74) is 1.18. The summed E-state index contributed by atoms with van der Waals surface area (Å²) < 4.78 is 10.6. The van der Waals surface area contributed by atoms with Crippen LogP contribution in [0.5, 0.6) is 0 Å². The van der Waals surface area contributed by atoms with Crippen LogP contribution in [0.3, 0.4) is 0 Å². The van der Waals surface area contributed by atoms with Crippen LogP contribution in [-0.4, -0.2) is 28.4 Å². The van der Waals surface area contributed by atoms with Gasteiger partial charge in [-0.3, -0.25) is 9.59 Å². The monoisotopic (exact) mass is 406 g/mol. The lowest BCUT2D eigenvalue weighted by molar-refractivity contribution is -0.133. The first kappa shape index (κ1) is 19.7. The molecule has 1 aromatic carbocycles. The van der Waals surface area contributed by atoms with Crippen molar-refractivity contribution in [2.75, 3.05) is 6.61 Å². The molecule has 3 aromatic rings. The molecule has 0 bridgehead atoms. The Labute approximate surface area is 172 Å². The number of ether oxygens (including phenoxy) is 1. The Bertz CT molecular complexity index is 1140. The van der Waals surface area contributed by atoms with Crippen LogP contribution in [0.15, 0.2) is 69.7 Å². The van der Waals surface area contributed by atoms with Gasteiger partial charge in [0.2, 0.25) is 0 Å². The molecule has 1 amide bonds. The zero-order chi connectivity index (χ0) is 20.9. The van der Waals surface area contributed by atoms with Crippen LogP contribution in [0, 0.1) is 0 Å².